The number of ether oxygens (including phenoxy) is 2. The van der Waals surface area contributed by atoms with Crippen molar-refractivity contribution in [2.75, 3.05) is 18.6 Å². The topological polar surface area (TPSA) is 47.6 Å². The minimum Gasteiger partial charge on any atom is -0.496 e. The number of anilines is 1. The van der Waals surface area contributed by atoms with Crippen LogP contribution in [0, 0.1) is 20.8 Å². The second-order valence-electron chi connectivity index (χ2n) is 7.36. The lowest BCUT2D eigenvalue weighted by molar-refractivity contribution is -0.131. The van der Waals surface area contributed by atoms with Crippen LogP contribution in [-0.2, 0) is 4.79 Å². The molecule has 0 fully saturated rings. The molecule has 0 aliphatic heterocycles. The van der Waals surface area contributed by atoms with E-state index in [0.717, 1.165) is 28.1 Å². The van der Waals surface area contributed by atoms with Crippen molar-refractivity contribution in [2.24, 2.45) is 0 Å². The first kappa shape index (κ1) is 20.0. The normalized spacial score (nSPS) is 11.2. The summed E-state index contributed by atoms with van der Waals surface area (Å²) in [6.07, 6.45) is 0.693. The van der Waals surface area contributed by atoms with Crippen LogP contribution in [0.5, 0.6) is 11.5 Å². The average molecular weight is 372 g/mol. The van der Waals surface area contributed by atoms with Crippen molar-refractivity contribution in [3.63, 3.8) is 0 Å². The highest BCUT2D eigenvalue weighted by Gasteiger charge is 2.25. The highest BCUT2D eigenvalue weighted by Crippen LogP contribution is 2.33. The average Bonchev–Trinajstić information content (AvgIpc) is 2.60. The van der Waals surface area contributed by atoms with Crippen LogP contribution in [0.2, 0.25) is 13.1 Å². The first-order valence-electron chi connectivity index (χ1n) is 8.86. The van der Waals surface area contributed by atoms with Crippen LogP contribution in [-0.4, -0.2) is 27.3 Å². The largest absolute Gasteiger partial charge is 0.496 e. The van der Waals surface area contributed by atoms with Crippen molar-refractivity contribution in [1.82, 2.24) is 0 Å². The van der Waals surface area contributed by atoms with Crippen molar-refractivity contribution in [1.29, 1.82) is 0 Å². The molecule has 2 aromatic rings. The molecule has 0 saturated carbocycles. The van der Waals surface area contributed by atoms with Crippen LogP contribution in [0.4, 0.5) is 5.69 Å². The first-order valence-corrected chi connectivity index (χ1v) is 12.1. The molecular formula is C21H29NO3Si. The third-order valence-corrected chi connectivity index (χ3v) is 7.53. The number of esters is 1. The van der Waals surface area contributed by atoms with Crippen LogP contribution >= 0.6 is 0 Å². The Morgan fingerprint density at radius 2 is 1.69 bits per heavy atom. The molecule has 0 aliphatic rings. The molecule has 26 heavy (non-hydrogen) atoms. The quantitative estimate of drug-likeness (QED) is 0.471. The van der Waals surface area contributed by atoms with Gasteiger partial charge < -0.3 is 14.8 Å². The summed E-state index contributed by atoms with van der Waals surface area (Å²) in [5.74, 6) is 1.20. The van der Waals surface area contributed by atoms with Gasteiger partial charge in [-0.2, -0.15) is 0 Å². The van der Waals surface area contributed by atoms with Crippen LogP contribution in [0.3, 0.4) is 0 Å². The van der Waals surface area contributed by atoms with Crippen molar-refractivity contribution in [2.45, 2.75) is 40.8 Å². The van der Waals surface area contributed by atoms with E-state index >= 15 is 0 Å². The summed E-state index contributed by atoms with van der Waals surface area (Å²) in [4.78, 5) is 11.3. The predicted molar refractivity (Wildman–Crippen MR) is 111 cm³/mol. The SMILES string of the molecule is CNc1ccc([Si](C)(C)COc2cc(C)c(OC(C)=O)c(C)c2C)cc1. The number of benzene rings is 2. The van der Waals surface area contributed by atoms with Gasteiger partial charge in [0.2, 0.25) is 0 Å². The minimum absolute atomic E-state index is 0.303. The van der Waals surface area contributed by atoms with Gasteiger partial charge in [0.1, 0.15) is 19.6 Å². The molecule has 140 valence electrons. The summed E-state index contributed by atoms with van der Waals surface area (Å²) in [6.45, 7) is 12.0. The Kier molecular flexibility index (Phi) is 6.13. The van der Waals surface area contributed by atoms with E-state index in [1.807, 2.05) is 33.9 Å². The number of rotatable bonds is 6. The van der Waals surface area contributed by atoms with Gasteiger partial charge in [-0.1, -0.05) is 30.4 Å². The fraction of sp³-hybridized carbons (Fsp3) is 0.381. The molecule has 0 bridgehead atoms. The minimum atomic E-state index is -1.73. The molecule has 0 heterocycles. The molecule has 0 aliphatic carbocycles. The van der Waals surface area contributed by atoms with Crippen LogP contribution in [0.25, 0.3) is 0 Å². The number of hydrogen-bond acceptors (Lipinski definition) is 4. The zero-order chi connectivity index (χ0) is 19.5. The molecule has 0 atom stereocenters. The monoisotopic (exact) mass is 371 g/mol. The van der Waals surface area contributed by atoms with Crippen LogP contribution in [0.1, 0.15) is 23.6 Å². The molecule has 0 aromatic heterocycles. The maximum atomic E-state index is 11.3. The summed E-state index contributed by atoms with van der Waals surface area (Å²) < 4.78 is 11.6. The van der Waals surface area contributed by atoms with Gasteiger partial charge in [0, 0.05) is 19.7 Å². The molecule has 1 N–H and O–H groups in total. The van der Waals surface area contributed by atoms with Gasteiger partial charge in [0.15, 0.2) is 0 Å². The van der Waals surface area contributed by atoms with Gasteiger partial charge in [0.05, 0.1) is 6.23 Å². The van der Waals surface area contributed by atoms with Gasteiger partial charge in [-0.05, 0) is 55.7 Å². The van der Waals surface area contributed by atoms with E-state index in [1.54, 1.807) is 0 Å². The fourth-order valence-electron chi connectivity index (χ4n) is 2.90. The summed E-state index contributed by atoms with van der Waals surface area (Å²) in [5, 5.41) is 4.51. The Bertz CT molecular complexity index is 798. The molecule has 0 spiro atoms. The summed E-state index contributed by atoms with van der Waals surface area (Å²) in [7, 11) is 0.193. The molecule has 4 nitrogen and oxygen atoms in total. The van der Waals surface area contributed by atoms with Crippen molar-refractivity contribution < 1.29 is 14.3 Å². The number of carbonyl (C=O) groups is 1. The highest BCUT2D eigenvalue weighted by molar-refractivity contribution is 6.89. The molecule has 0 unspecified atom stereocenters. The standard InChI is InChI=1S/C21H29NO3Si/c1-14-12-20(15(2)16(3)21(14)25-17(4)23)24-13-26(6,7)19-10-8-18(22-5)9-11-19/h8-12,22H,13H2,1-7H3. The van der Waals surface area contributed by atoms with E-state index in [2.05, 4.69) is 42.7 Å². The highest BCUT2D eigenvalue weighted by atomic mass is 28.3. The van der Waals surface area contributed by atoms with E-state index in [9.17, 15) is 4.79 Å². The lowest BCUT2D eigenvalue weighted by atomic mass is 10.0. The Labute approximate surface area is 157 Å². The molecule has 2 rings (SSSR count). The maximum Gasteiger partial charge on any atom is 0.308 e. The Balaban J connectivity index is 2.21. The second kappa shape index (κ2) is 7.95. The number of nitrogens with one attached hydrogen (secondary N) is 1. The van der Waals surface area contributed by atoms with E-state index in [4.69, 9.17) is 9.47 Å². The Morgan fingerprint density at radius 3 is 2.23 bits per heavy atom. The fourth-order valence-corrected chi connectivity index (χ4v) is 4.65. The maximum absolute atomic E-state index is 11.3. The van der Waals surface area contributed by atoms with E-state index in [0.29, 0.717) is 12.0 Å². The van der Waals surface area contributed by atoms with Crippen LogP contribution < -0.4 is 20.0 Å². The number of aryl methyl sites for hydroxylation is 1. The molecule has 0 saturated heterocycles. The van der Waals surface area contributed by atoms with Gasteiger partial charge in [0.25, 0.3) is 0 Å². The van der Waals surface area contributed by atoms with Crippen molar-refractivity contribution >= 4 is 24.9 Å². The summed E-state index contributed by atoms with van der Waals surface area (Å²) in [6, 6.07) is 10.6. The summed E-state index contributed by atoms with van der Waals surface area (Å²) in [5.41, 5.74) is 3.99. The van der Waals surface area contributed by atoms with E-state index < -0.39 is 8.07 Å². The van der Waals surface area contributed by atoms with E-state index in [-0.39, 0.29) is 5.97 Å². The van der Waals surface area contributed by atoms with Crippen molar-refractivity contribution in [3.8, 4) is 11.5 Å². The molecule has 5 heteroatoms. The number of hydrogen-bond donors (Lipinski definition) is 1. The lowest BCUT2D eigenvalue weighted by Crippen LogP contribution is -2.47. The van der Waals surface area contributed by atoms with Gasteiger partial charge in [-0.25, -0.2) is 0 Å². The second-order valence-corrected chi connectivity index (χ2v) is 12.0. The zero-order valence-corrected chi connectivity index (χ0v) is 17.8. The van der Waals surface area contributed by atoms with Crippen LogP contribution in [0.15, 0.2) is 30.3 Å². The molecule has 2 aromatic carbocycles. The third kappa shape index (κ3) is 4.46. The number of carbonyl (C=O) groups excluding carboxylic acids is 1. The zero-order valence-electron chi connectivity index (χ0n) is 16.8. The van der Waals surface area contributed by atoms with Gasteiger partial charge in [-0.15, -0.1) is 0 Å². The van der Waals surface area contributed by atoms with Crippen molar-refractivity contribution in [3.05, 3.63) is 47.0 Å². The smallest absolute Gasteiger partial charge is 0.308 e. The van der Waals surface area contributed by atoms with E-state index in [1.165, 1.54) is 12.1 Å². The Morgan fingerprint density at radius 1 is 1.08 bits per heavy atom. The Hall–Kier alpha value is -2.27. The molecule has 0 amide bonds. The lowest BCUT2D eigenvalue weighted by Gasteiger charge is -2.25. The third-order valence-electron chi connectivity index (χ3n) is 4.77. The molecular weight excluding hydrogens is 342 g/mol. The van der Waals surface area contributed by atoms with Gasteiger partial charge in [-0.3, -0.25) is 4.79 Å². The predicted octanol–water partition coefficient (Wildman–Crippen LogP) is 4.11. The molecule has 0 radical (unpaired) electrons. The summed E-state index contributed by atoms with van der Waals surface area (Å²) >= 11 is 0. The van der Waals surface area contributed by atoms with Gasteiger partial charge >= 0.3 is 5.97 Å². The first-order chi connectivity index (χ1) is 12.2.